The molecule has 0 saturated heterocycles. The lowest BCUT2D eigenvalue weighted by molar-refractivity contribution is 0.459. The molecule has 1 aliphatic rings. The Morgan fingerprint density at radius 3 is 2.54 bits per heavy atom. The van der Waals surface area contributed by atoms with E-state index in [1.165, 1.54) is 30.9 Å². The molecule has 3 aromatic rings. The van der Waals surface area contributed by atoms with Crippen LogP contribution in [-0.2, 0) is 20.6 Å². The van der Waals surface area contributed by atoms with Crippen molar-refractivity contribution < 1.29 is 0 Å². The lowest BCUT2D eigenvalue weighted by Gasteiger charge is -2.23. The zero-order valence-corrected chi connectivity index (χ0v) is 17.7. The summed E-state index contributed by atoms with van der Waals surface area (Å²) < 4.78 is 5.47. The zero-order chi connectivity index (χ0) is 19.8. The summed E-state index contributed by atoms with van der Waals surface area (Å²) in [6, 6.07) is 8.28. The number of fused-ring (bicyclic) bond motifs is 1. The number of aryl methyl sites for hydroxylation is 1. The molecule has 0 spiro atoms. The summed E-state index contributed by atoms with van der Waals surface area (Å²) in [5.41, 5.74) is 1.21. The highest BCUT2D eigenvalue weighted by Crippen LogP contribution is 2.25. The summed E-state index contributed by atoms with van der Waals surface area (Å²) >= 11 is 3.60. The molecule has 28 heavy (non-hydrogen) atoms. The minimum absolute atomic E-state index is 0.325. The van der Waals surface area contributed by atoms with E-state index in [1.54, 1.807) is 7.05 Å². The minimum atomic E-state index is -0.368. The van der Waals surface area contributed by atoms with Crippen LogP contribution in [0.1, 0.15) is 37.7 Å². The van der Waals surface area contributed by atoms with Crippen molar-refractivity contribution in [3.05, 3.63) is 55.1 Å². The predicted molar refractivity (Wildman–Crippen MR) is 114 cm³/mol. The molecule has 7 nitrogen and oxygen atoms in total. The largest absolute Gasteiger partial charge is 0.353 e. The number of anilines is 1. The number of hydrogen-bond acceptors (Lipinski definition) is 4. The second-order valence-corrected chi connectivity index (χ2v) is 8.32. The summed E-state index contributed by atoms with van der Waals surface area (Å²) in [5.74, 6) is 0.649. The van der Waals surface area contributed by atoms with E-state index < -0.39 is 0 Å². The predicted octanol–water partition coefficient (Wildman–Crippen LogP) is 2.99. The molecule has 1 saturated carbocycles. The molecule has 0 atom stereocenters. The van der Waals surface area contributed by atoms with E-state index in [2.05, 4.69) is 26.2 Å². The Morgan fingerprint density at radius 1 is 1.11 bits per heavy atom. The summed E-state index contributed by atoms with van der Waals surface area (Å²) in [6.45, 7) is 0.487. The zero-order valence-electron chi connectivity index (χ0n) is 16.1. The normalized spacial score (nSPS) is 15.2. The van der Waals surface area contributed by atoms with E-state index in [0.717, 1.165) is 27.4 Å². The van der Waals surface area contributed by atoms with Crippen molar-refractivity contribution in [2.45, 2.75) is 44.7 Å². The van der Waals surface area contributed by atoms with Crippen LogP contribution in [0.25, 0.3) is 11.2 Å². The first-order valence-corrected chi connectivity index (χ1v) is 10.4. The van der Waals surface area contributed by atoms with Crippen molar-refractivity contribution in [1.82, 2.24) is 18.7 Å². The lowest BCUT2D eigenvalue weighted by atomic mass is 9.96. The van der Waals surface area contributed by atoms with Crippen LogP contribution in [0.15, 0.2) is 38.3 Å². The van der Waals surface area contributed by atoms with Crippen molar-refractivity contribution in [2.24, 2.45) is 14.1 Å². The maximum atomic E-state index is 13.0. The Hall–Kier alpha value is -2.35. The maximum Gasteiger partial charge on any atom is 0.332 e. The van der Waals surface area contributed by atoms with E-state index in [4.69, 9.17) is 0 Å². The Kier molecular flexibility index (Phi) is 5.14. The van der Waals surface area contributed by atoms with Crippen LogP contribution in [0.2, 0.25) is 0 Å². The Balaban J connectivity index is 1.90. The van der Waals surface area contributed by atoms with Gasteiger partial charge >= 0.3 is 5.69 Å². The summed E-state index contributed by atoms with van der Waals surface area (Å²) in [4.78, 5) is 30.0. The van der Waals surface area contributed by atoms with Gasteiger partial charge < -0.3 is 5.32 Å². The van der Waals surface area contributed by atoms with E-state index in [9.17, 15) is 9.59 Å². The quantitative estimate of drug-likeness (QED) is 0.669. The fraction of sp³-hybridized carbons (Fsp3) is 0.450. The molecule has 1 fully saturated rings. The molecular formula is C20H24BrN5O2. The van der Waals surface area contributed by atoms with Crippen molar-refractivity contribution in [1.29, 1.82) is 0 Å². The topological polar surface area (TPSA) is 73.8 Å². The highest BCUT2D eigenvalue weighted by Gasteiger charge is 2.22. The molecule has 2 aromatic heterocycles. The van der Waals surface area contributed by atoms with Crippen molar-refractivity contribution >= 4 is 33.0 Å². The third-order valence-corrected chi connectivity index (χ3v) is 6.35. The number of benzene rings is 1. The van der Waals surface area contributed by atoms with Crippen LogP contribution in [0, 0.1) is 0 Å². The number of halogens is 1. The molecular weight excluding hydrogens is 422 g/mol. The van der Waals surface area contributed by atoms with Gasteiger partial charge in [-0.15, -0.1) is 0 Å². The monoisotopic (exact) mass is 445 g/mol. The lowest BCUT2D eigenvalue weighted by Crippen LogP contribution is -2.37. The molecule has 0 amide bonds. The molecule has 148 valence electrons. The van der Waals surface area contributed by atoms with Crippen molar-refractivity contribution in [3.8, 4) is 0 Å². The van der Waals surface area contributed by atoms with Gasteiger partial charge in [-0.05, 0) is 24.5 Å². The Morgan fingerprint density at radius 2 is 1.82 bits per heavy atom. The number of hydrogen-bond donors (Lipinski definition) is 1. The fourth-order valence-electron chi connectivity index (χ4n) is 3.94. The molecule has 1 aromatic carbocycles. The fourth-order valence-corrected chi connectivity index (χ4v) is 4.35. The Labute approximate surface area is 171 Å². The van der Waals surface area contributed by atoms with Crippen LogP contribution < -0.4 is 16.6 Å². The van der Waals surface area contributed by atoms with Gasteiger partial charge in [0, 0.05) is 24.6 Å². The van der Waals surface area contributed by atoms with Gasteiger partial charge in [0.25, 0.3) is 5.56 Å². The molecule has 2 heterocycles. The molecule has 0 aliphatic heterocycles. The van der Waals surface area contributed by atoms with Crippen LogP contribution in [0.3, 0.4) is 0 Å². The van der Waals surface area contributed by atoms with Crippen LogP contribution in [0.4, 0.5) is 5.95 Å². The average molecular weight is 446 g/mol. The standard InChI is InChI=1S/C20H24BrN5O2/c1-24-17-16(18(27)25(2)20(24)28)26(12-13-8-6-7-11-15(13)21)19(23-17)22-14-9-4-3-5-10-14/h6-8,11,14H,3-5,9-10,12H2,1-2H3,(H,22,23). The third kappa shape index (κ3) is 3.30. The molecule has 1 aliphatic carbocycles. The van der Waals surface area contributed by atoms with E-state index >= 15 is 0 Å². The van der Waals surface area contributed by atoms with Gasteiger partial charge in [-0.3, -0.25) is 18.5 Å². The smallest absolute Gasteiger partial charge is 0.332 e. The van der Waals surface area contributed by atoms with Gasteiger partial charge in [0.15, 0.2) is 11.2 Å². The molecule has 0 unspecified atom stereocenters. The van der Waals surface area contributed by atoms with Gasteiger partial charge in [0.05, 0.1) is 6.54 Å². The minimum Gasteiger partial charge on any atom is -0.353 e. The second-order valence-electron chi connectivity index (χ2n) is 7.47. The van der Waals surface area contributed by atoms with Gasteiger partial charge in [-0.2, -0.15) is 4.98 Å². The van der Waals surface area contributed by atoms with Crippen LogP contribution >= 0.6 is 15.9 Å². The number of nitrogens with zero attached hydrogens (tertiary/aromatic N) is 4. The first kappa shape index (κ1) is 19.0. The van der Waals surface area contributed by atoms with Crippen molar-refractivity contribution in [3.63, 3.8) is 0 Å². The third-order valence-electron chi connectivity index (χ3n) is 5.57. The highest BCUT2D eigenvalue weighted by molar-refractivity contribution is 9.10. The Bertz CT molecular complexity index is 1140. The first-order valence-electron chi connectivity index (χ1n) is 9.63. The molecule has 1 N–H and O–H groups in total. The van der Waals surface area contributed by atoms with E-state index in [-0.39, 0.29) is 11.2 Å². The van der Waals surface area contributed by atoms with Gasteiger partial charge in [0.1, 0.15) is 0 Å². The van der Waals surface area contributed by atoms with Crippen LogP contribution in [0.5, 0.6) is 0 Å². The van der Waals surface area contributed by atoms with Gasteiger partial charge in [-0.1, -0.05) is 53.4 Å². The number of aromatic nitrogens is 4. The maximum absolute atomic E-state index is 13.0. The van der Waals surface area contributed by atoms with Crippen LogP contribution in [-0.4, -0.2) is 24.7 Å². The summed E-state index contributed by atoms with van der Waals surface area (Å²) in [7, 11) is 3.17. The van der Waals surface area contributed by atoms with E-state index in [0.29, 0.717) is 29.7 Å². The van der Waals surface area contributed by atoms with E-state index in [1.807, 2.05) is 28.8 Å². The number of nitrogens with one attached hydrogen (secondary N) is 1. The average Bonchev–Trinajstić information content (AvgIpc) is 3.05. The van der Waals surface area contributed by atoms with Gasteiger partial charge in [0.2, 0.25) is 5.95 Å². The highest BCUT2D eigenvalue weighted by atomic mass is 79.9. The molecule has 8 heteroatoms. The SMILES string of the molecule is Cn1c(=O)c2c(nc(NC3CCCCC3)n2Cc2ccccc2Br)n(C)c1=O. The first-order chi connectivity index (χ1) is 13.5. The number of rotatable bonds is 4. The summed E-state index contributed by atoms with van der Waals surface area (Å²) in [5, 5.41) is 3.55. The number of imidazole rings is 1. The summed E-state index contributed by atoms with van der Waals surface area (Å²) in [6.07, 6.45) is 5.84. The second kappa shape index (κ2) is 7.58. The van der Waals surface area contributed by atoms with Gasteiger partial charge in [-0.25, -0.2) is 4.79 Å². The molecule has 0 radical (unpaired) electrons. The molecule has 0 bridgehead atoms. The van der Waals surface area contributed by atoms with Crippen molar-refractivity contribution in [2.75, 3.05) is 5.32 Å². The molecule has 4 rings (SSSR count).